The van der Waals surface area contributed by atoms with Gasteiger partial charge in [-0.15, -0.1) is 0 Å². The summed E-state index contributed by atoms with van der Waals surface area (Å²) in [5, 5.41) is 0. The van der Waals surface area contributed by atoms with E-state index in [0.717, 1.165) is 0 Å². The molecule has 0 aliphatic carbocycles. The van der Waals surface area contributed by atoms with Crippen molar-refractivity contribution < 1.29 is 23.1 Å². The van der Waals surface area contributed by atoms with Gasteiger partial charge in [0.15, 0.2) is 18.9 Å². The second kappa shape index (κ2) is 7.20. The molecule has 0 aromatic carbocycles. The van der Waals surface area contributed by atoms with Crippen molar-refractivity contribution in [3.8, 4) is 0 Å². The van der Waals surface area contributed by atoms with E-state index in [9.17, 15) is 14.2 Å². The number of rotatable bonds is 7. The van der Waals surface area contributed by atoms with Crippen molar-refractivity contribution in [3.63, 3.8) is 0 Å². The summed E-state index contributed by atoms with van der Waals surface area (Å²) >= 11 is 0. The van der Waals surface area contributed by atoms with Gasteiger partial charge < -0.3 is 18.5 Å². The summed E-state index contributed by atoms with van der Waals surface area (Å²) in [7, 11) is -0.823. The van der Waals surface area contributed by atoms with Crippen molar-refractivity contribution in [1.29, 1.82) is 0 Å². The van der Waals surface area contributed by atoms with Crippen LogP contribution in [0.3, 0.4) is 0 Å². The Morgan fingerprint density at radius 1 is 1.39 bits per heavy atom. The molecule has 126 valence electrons. The summed E-state index contributed by atoms with van der Waals surface area (Å²) in [6.07, 6.45) is 3.88. The van der Waals surface area contributed by atoms with Crippen LogP contribution in [0.15, 0.2) is 34.5 Å². The lowest BCUT2D eigenvalue weighted by atomic mass is 10.3. The molecule has 1 aliphatic heterocycles. The molecular weight excluding hydrogens is 327 g/mol. The van der Waals surface area contributed by atoms with Gasteiger partial charge >= 0.3 is 13.3 Å². The average molecular weight is 344 g/mol. The average Bonchev–Trinajstić information content (AvgIpc) is 3.01. The Hall–Kier alpha value is -1.77. The van der Waals surface area contributed by atoms with Crippen LogP contribution in [0.2, 0.25) is 0 Å². The first kappa shape index (κ1) is 17.6. The predicted molar refractivity (Wildman–Crippen MR) is 82.0 cm³/mol. The van der Waals surface area contributed by atoms with Gasteiger partial charge in [0.1, 0.15) is 0 Å². The standard InChI is InChI=1S/C13H17N2O7P/c1-4-9-7-15(13(17)14-12(9)16)10-5-6-11(22-10)21-8-23(18,19-2)20-3/h4-7,10-11H,1,8H2,2-3H3,(H,14,16,17)/t10-,11+/m1/s1. The molecule has 0 unspecified atom stereocenters. The van der Waals surface area contributed by atoms with Crippen LogP contribution < -0.4 is 11.2 Å². The minimum absolute atomic E-state index is 0.231. The highest BCUT2D eigenvalue weighted by atomic mass is 31.2. The predicted octanol–water partition coefficient (Wildman–Crippen LogP) is 1.05. The van der Waals surface area contributed by atoms with E-state index in [1.165, 1.54) is 31.1 Å². The first-order valence-electron chi connectivity index (χ1n) is 6.56. The molecule has 1 aromatic rings. The largest absolute Gasteiger partial charge is 0.355 e. The Morgan fingerprint density at radius 2 is 2.09 bits per heavy atom. The van der Waals surface area contributed by atoms with E-state index in [4.69, 9.17) is 18.5 Å². The molecule has 10 heteroatoms. The van der Waals surface area contributed by atoms with Crippen LogP contribution in [0.25, 0.3) is 6.08 Å². The summed E-state index contributed by atoms with van der Waals surface area (Å²) in [6, 6.07) is 0. The highest BCUT2D eigenvalue weighted by Crippen LogP contribution is 2.46. The highest BCUT2D eigenvalue weighted by Gasteiger charge is 2.27. The fraction of sp³-hybridized carbons (Fsp3) is 0.385. The SMILES string of the molecule is C=Cc1cn([C@H]2C=C[C@@H](OCP(=O)(OC)OC)O2)c(=O)[nH]c1=O. The Kier molecular flexibility index (Phi) is 5.51. The number of hydrogen-bond donors (Lipinski definition) is 1. The van der Waals surface area contributed by atoms with Crippen LogP contribution in [0.1, 0.15) is 11.8 Å². The Labute approximate surface area is 131 Å². The van der Waals surface area contributed by atoms with Crippen LogP contribution in [0.5, 0.6) is 0 Å². The maximum absolute atomic E-state index is 11.9. The van der Waals surface area contributed by atoms with Crippen LogP contribution in [0.4, 0.5) is 0 Å². The summed E-state index contributed by atoms with van der Waals surface area (Å²) in [6.45, 7) is 3.50. The van der Waals surface area contributed by atoms with Crippen LogP contribution in [-0.2, 0) is 23.1 Å². The molecule has 0 saturated carbocycles. The Balaban J connectivity index is 2.08. The van der Waals surface area contributed by atoms with Crippen molar-refractivity contribution in [3.05, 3.63) is 51.3 Å². The summed E-state index contributed by atoms with van der Waals surface area (Å²) < 4.78 is 33.3. The van der Waals surface area contributed by atoms with E-state index in [-0.39, 0.29) is 11.9 Å². The molecule has 9 nitrogen and oxygen atoms in total. The molecule has 0 fully saturated rings. The van der Waals surface area contributed by atoms with Gasteiger partial charge in [-0.1, -0.05) is 12.7 Å². The monoisotopic (exact) mass is 344 g/mol. The van der Waals surface area contributed by atoms with Crippen molar-refractivity contribution in [1.82, 2.24) is 9.55 Å². The Morgan fingerprint density at radius 3 is 2.70 bits per heavy atom. The maximum atomic E-state index is 11.9. The number of nitrogens with one attached hydrogen (secondary N) is 1. The third kappa shape index (κ3) is 3.95. The number of aromatic amines is 1. The highest BCUT2D eigenvalue weighted by molar-refractivity contribution is 7.53. The van der Waals surface area contributed by atoms with Crippen LogP contribution >= 0.6 is 7.60 Å². The van der Waals surface area contributed by atoms with E-state index in [1.807, 2.05) is 0 Å². The van der Waals surface area contributed by atoms with Crippen LogP contribution in [0, 0.1) is 0 Å². The second-order valence-corrected chi connectivity index (χ2v) is 6.72. The van der Waals surface area contributed by atoms with Gasteiger partial charge in [0.2, 0.25) is 0 Å². The normalized spacial score (nSPS) is 20.8. The molecule has 23 heavy (non-hydrogen) atoms. The molecule has 0 bridgehead atoms. The molecule has 1 aromatic heterocycles. The zero-order valence-corrected chi connectivity index (χ0v) is 13.5. The van der Waals surface area contributed by atoms with E-state index in [1.54, 1.807) is 12.2 Å². The smallest absolute Gasteiger partial charge is 0.336 e. The van der Waals surface area contributed by atoms with Crippen molar-refractivity contribution in [2.24, 2.45) is 0 Å². The molecular formula is C13H17N2O7P. The lowest BCUT2D eigenvalue weighted by molar-refractivity contribution is -0.128. The number of ether oxygens (including phenoxy) is 2. The molecule has 1 aliphatic rings. The number of H-pyrrole nitrogens is 1. The molecule has 0 spiro atoms. The number of aromatic nitrogens is 2. The lowest BCUT2D eigenvalue weighted by Gasteiger charge is -2.19. The molecule has 2 rings (SSSR count). The molecule has 0 radical (unpaired) electrons. The van der Waals surface area contributed by atoms with Gasteiger partial charge in [-0.2, -0.15) is 0 Å². The van der Waals surface area contributed by atoms with E-state index >= 15 is 0 Å². The number of nitrogens with zero attached hydrogens (tertiary/aromatic N) is 1. The first-order valence-corrected chi connectivity index (χ1v) is 8.29. The van der Waals surface area contributed by atoms with Gasteiger partial charge in [-0.25, -0.2) is 4.79 Å². The van der Waals surface area contributed by atoms with E-state index in [2.05, 4.69) is 11.6 Å². The minimum Gasteiger partial charge on any atom is -0.336 e. The molecule has 2 atom stereocenters. The van der Waals surface area contributed by atoms with Crippen LogP contribution in [-0.4, -0.2) is 36.4 Å². The zero-order valence-electron chi connectivity index (χ0n) is 12.6. The van der Waals surface area contributed by atoms with Gasteiger partial charge in [-0.3, -0.25) is 18.9 Å². The van der Waals surface area contributed by atoms with Gasteiger partial charge in [-0.05, 0) is 12.2 Å². The van der Waals surface area contributed by atoms with Crippen molar-refractivity contribution in [2.45, 2.75) is 12.5 Å². The lowest BCUT2D eigenvalue weighted by Crippen LogP contribution is -2.33. The first-order chi connectivity index (χ1) is 10.9. The summed E-state index contributed by atoms with van der Waals surface area (Å²) in [5.74, 6) is 0. The van der Waals surface area contributed by atoms with Crippen molar-refractivity contribution >= 4 is 13.7 Å². The quantitative estimate of drug-likeness (QED) is 0.582. The number of hydrogen-bond acceptors (Lipinski definition) is 7. The van der Waals surface area contributed by atoms with Gasteiger partial charge in [0.05, 0.1) is 5.56 Å². The minimum atomic E-state index is -3.32. The summed E-state index contributed by atoms with van der Waals surface area (Å²) in [5.41, 5.74) is -0.929. The van der Waals surface area contributed by atoms with E-state index < -0.39 is 31.4 Å². The fourth-order valence-electron chi connectivity index (χ4n) is 1.85. The van der Waals surface area contributed by atoms with Crippen molar-refractivity contribution in [2.75, 3.05) is 20.6 Å². The van der Waals surface area contributed by atoms with Gasteiger partial charge in [0, 0.05) is 20.4 Å². The van der Waals surface area contributed by atoms with Gasteiger partial charge in [0.25, 0.3) is 5.56 Å². The maximum Gasteiger partial charge on any atom is 0.355 e. The molecule has 2 heterocycles. The topological polar surface area (TPSA) is 109 Å². The van der Waals surface area contributed by atoms with E-state index in [0.29, 0.717) is 0 Å². The molecule has 0 saturated heterocycles. The Bertz CT molecular complexity index is 758. The third-order valence-electron chi connectivity index (χ3n) is 3.15. The summed E-state index contributed by atoms with van der Waals surface area (Å²) in [4.78, 5) is 25.5. The second-order valence-electron chi connectivity index (χ2n) is 4.51. The molecule has 0 amide bonds. The third-order valence-corrected chi connectivity index (χ3v) is 4.73. The zero-order chi connectivity index (χ0) is 17.0. The fourth-order valence-corrected chi connectivity index (χ4v) is 2.54. The molecule has 1 N–H and O–H groups in total.